The summed E-state index contributed by atoms with van der Waals surface area (Å²) in [5, 5.41) is 6.88. The number of nitrogens with zero attached hydrogens (tertiary/aromatic N) is 2. The number of aryl methyl sites for hydroxylation is 1. The summed E-state index contributed by atoms with van der Waals surface area (Å²) >= 11 is 1.84. The molecule has 2 heterocycles. The summed E-state index contributed by atoms with van der Waals surface area (Å²) in [4.78, 5) is 9.63. The smallest absolute Gasteiger partial charge is 0.191 e. The van der Waals surface area contributed by atoms with Crippen LogP contribution in [-0.2, 0) is 6.54 Å². The molecule has 2 N–H and O–H groups in total. The fraction of sp³-hybridized carbons (Fsp3) is 0.688. The first-order valence-electron chi connectivity index (χ1n) is 7.96. The van der Waals surface area contributed by atoms with Crippen LogP contribution in [0.15, 0.2) is 17.1 Å². The van der Waals surface area contributed by atoms with E-state index in [4.69, 9.17) is 0 Å². The topological polar surface area (TPSA) is 39.7 Å². The van der Waals surface area contributed by atoms with E-state index in [1.807, 2.05) is 18.4 Å². The lowest BCUT2D eigenvalue weighted by molar-refractivity contribution is 0.236. The lowest BCUT2D eigenvalue weighted by Gasteiger charge is -2.27. The zero-order valence-electron chi connectivity index (χ0n) is 13.5. The number of nitrogens with one attached hydrogen (secondary N) is 2. The van der Waals surface area contributed by atoms with Crippen molar-refractivity contribution in [3.63, 3.8) is 0 Å². The van der Waals surface area contributed by atoms with E-state index in [2.05, 4.69) is 46.5 Å². The Morgan fingerprint density at radius 2 is 2.10 bits per heavy atom. The van der Waals surface area contributed by atoms with Crippen molar-refractivity contribution < 1.29 is 0 Å². The van der Waals surface area contributed by atoms with Gasteiger partial charge in [-0.2, -0.15) is 0 Å². The van der Waals surface area contributed by atoms with Gasteiger partial charge in [-0.3, -0.25) is 9.89 Å². The van der Waals surface area contributed by atoms with E-state index in [0.717, 1.165) is 19.0 Å². The number of rotatable bonds is 6. The van der Waals surface area contributed by atoms with Gasteiger partial charge in [0.05, 0.1) is 6.54 Å². The number of hydrogen-bond donors (Lipinski definition) is 2. The van der Waals surface area contributed by atoms with E-state index in [-0.39, 0.29) is 0 Å². The second-order valence-corrected chi connectivity index (χ2v) is 7.00. The van der Waals surface area contributed by atoms with Gasteiger partial charge in [-0.25, -0.2) is 0 Å². The molecule has 1 atom stereocenters. The molecule has 1 unspecified atom stereocenters. The van der Waals surface area contributed by atoms with Crippen LogP contribution in [0, 0.1) is 6.92 Å². The van der Waals surface area contributed by atoms with Crippen molar-refractivity contribution in [3.05, 3.63) is 21.9 Å². The van der Waals surface area contributed by atoms with E-state index in [0.29, 0.717) is 6.04 Å². The van der Waals surface area contributed by atoms with Gasteiger partial charge >= 0.3 is 0 Å². The number of hydrogen-bond acceptors (Lipinski definition) is 3. The maximum Gasteiger partial charge on any atom is 0.191 e. The third-order valence-corrected chi connectivity index (χ3v) is 5.08. The number of guanidine groups is 1. The minimum absolute atomic E-state index is 0.620. The monoisotopic (exact) mass is 308 g/mol. The molecule has 1 saturated heterocycles. The summed E-state index contributed by atoms with van der Waals surface area (Å²) in [6, 6.07) is 4.97. The second kappa shape index (κ2) is 8.39. The Labute approximate surface area is 132 Å². The molecule has 0 amide bonds. The minimum Gasteiger partial charge on any atom is -0.355 e. The molecule has 0 aliphatic carbocycles. The van der Waals surface area contributed by atoms with Crippen molar-refractivity contribution in [2.24, 2.45) is 4.99 Å². The third-order valence-electron chi connectivity index (χ3n) is 4.08. The van der Waals surface area contributed by atoms with Crippen LogP contribution in [0.4, 0.5) is 0 Å². The van der Waals surface area contributed by atoms with Crippen molar-refractivity contribution >= 4 is 17.3 Å². The van der Waals surface area contributed by atoms with Crippen molar-refractivity contribution in [1.29, 1.82) is 0 Å². The standard InChI is InChI=1S/C16H28N4S/c1-4-14(20-9-5-6-10-20)11-18-16(17-3)19-12-15-8-7-13(2)21-15/h7-8,14H,4-6,9-12H2,1-3H3,(H2,17,18,19). The number of aliphatic imine (C=N–C) groups is 1. The average molecular weight is 308 g/mol. The predicted molar refractivity (Wildman–Crippen MR) is 92.1 cm³/mol. The Morgan fingerprint density at radius 3 is 2.67 bits per heavy atom. The molecule has 1 fully saturated rings. The zero-order valence-corrected chi connectivity index (χ0v) is 14.3. The Hall–Kier alpha value is -1.07. The lowest BCUT2D eigenvalue weighted by Crippen LogP contribution is -2.46. The van der Waals surface area contributed by atoms with Crippen LogP contribution in [0.5, 0.6) is 0 Å². The lowest BCUT2D eigenvalue weighted by atomic mass is 10.2. The molecule has 1 aliphatic heterocycles. The van der Waals surface area contributed by atoms with Crippen LogP contribution >= 0.6 is 11.3 Å². The Kier molecular flexibility index (Phi) is 6.51. The molecule has 0 spiro atoms. The van der Waals surface area contributed by atoms with E-state index < -0.39 is 0 Å². The van der Waals surface area contributed by atoms with Gasteiger partial charge in [-0.05, 0) is 51.4 Å². The highest BCUT2D eigenvalue weighted by atomic mass is 32.1. The highest BCUT2D eigenvalue weighted by molar-refractivity contribution is 7.11. The number of thiophene rings is 1. The number of likely N-dealkylation sites (tertiary alicyclic amines) is 1. The molecule has 21 heavy (non-hydrogen) atoms. The fourth-order valence-electron chi connectivity index (χ4n) is 2.82. The van der Waals surface area contributed by atoms with Crippen molar-refractivity contribution in [3.8, 4) is 0 Å². The maximum atomic E-state index is 4.32. The largest absolute Gasteiger partial charge is 0.355 e. The molecule has 1 aromatic heterocycles. The molecule has 2 rings (SSSR count). The third kappa shape index (κ3) is 5.00. The summed E-state index contributed by atoms with van der Waals surface area (Å²) < 4.78 is 0. The SMILES string of the molecule is CCC(CNC(=NC)NCc1ccc(C)s1)N1CCCC1. The molecule has 1 aliphatic rings. The normalized spacial score (nSPS) is 18.0. The fourth-order valence-corrected chi connectivity index (χ4v) is 3.65. The van der Waals surface area contributed by atoms with Crippen LogP contribution in [0.3, 0.4) is 0 Å². The summed E-state index contributed by atoms with van der Waals surface area (Å²) in [5.41, 5.74) is 0. The van der Waals surface area contributed by atoms with Crippen molar-refractivity contribution in [1.82, 2.24) is 15.5 Å². The van der Waals surface area contributed by atoms with Crippen molar-refractivity contribution in [2.45, 2.75) is 45.7 Å². The first-order chi connectivity index (χ1) is 10.2. The first-order valence-corrected chi connectivity index (χ1v) is 8.78. The van der Waals surface area contributed by atoms with Crippen LogP contribution in [-0.4, -0.2) is 43.6 Å². The maximum absolute atomic E-state index is 4.32. The van der Waals surface area contributed by atoms with Crippen LogP contribution in [0.2, 0.25) is 0 Å². The van der Waals surface area contributed by atoms with Crippen molar-refractivity contribution in [2.75, 3.05) is 26.7 Å². The van der Waals surface area contributed by atoms with E-state index >= 15 is 0 Å². The molecule has 0 saturated carbocycles. The minimum atomic E-state index is 0.620. The predicted octanol–water partition coefficient (Wildman–Crippen LogP) is 2.60. The van der Waals surface area contributed by atoms with Crippen LogP contribution in [0.25, 0.3) is 0 Å². The molecular formula is C16H28N4S. The Balaban J connectivity index is 1.76. The van der Waals surface area contributed by atoms with E-state index in [1.54, 1.807) is 0 Å². The summed E-state index contributed by atoms with van der Waals surface area (Å²) in [5.74, 6) is 0.902. The van der Waals surface area contributed by atoms with Gasteiger partial charge in [0.2, 0.25) is 0 Å². The molecule has 0 aromatic carbocycles. The molecular weight excluding hydrogens is 280 g/mol. The molecule has 5 heteroatoms. The molecule has 0 radical (unpaired) electrons. The Bertz CT molecular complexity index is 449. The Morgan fingerprint density at radius 1 is 1.33 bits per heavy atom. The van der Waals surface area contributed by atoms with Gasteiger partial charge in [0.25, 0.3) is 0 Å². The average Bonchev–Trinajstić information content (AvgIpc) is 3.14. The van der Waals surface area contributed by atoms with Gasteiger partial charge in [0.1, 0.15) is 0 Å². The van der Waals surface area contributed by atoms with Crippen LogP contribution < -0.4 is 10.6 Å². The van der Waals surface area contributed by atoms with E-state index in [9.17, 15) is 0 Å². The highest BCUT2D eigenvalue weighted by Crippen LogP contribution is 2.15. The van der Waals surface area contributed by atoms with Gasteiger partial charge < -0.3 is 10.6 Å². The molecule has 0 bridgehead atoms. The van der Waals surface area contributed by atoms with Crippen LogP contribution in [0.1, 0.15) is 35.9 Å². The molecule has 118 valence electrons. The highest BCUT2D eigenvalue weighted by Gasteiger charge is 2.20. The quantitative estimate of drug-likeness (QED) is 0.627. The molecule has 1 aromatic rings. The first kappa shape index (κ1) is 16.3. The van der Waals surface area contributed by atoms with Gasteiger partial charge in [0, 0.05) is 29.4 Å². The summed E-state index contributed by atoms with van der Waals surface area (Å²) in [6.45, 7) is 8.73. The van der Waals surface area contributed by atoms with E-state index in [1.165, 1.54) is 42.1 Å². The van der Waals surface area contributed by atoms with Gasteiger partial charge in [-0.15, -0.1) is 11.3 Å². The van der Waals surface area contributed by atoms with Gasteiger partial charge in [0.15, 0.2) is 5.96 Å². The molecule has 4 nitrogen and oxygen atoms in total. The summed E-state index contributed by atoms with van der Waals surface area (Å²) in [7, 11) is 1.84. The zero-order chi connectivity index (χ0) is 15.1. The van der Waals surface area contributed by atoms with Gasteiger partial charge in [-0.1, -0.05) is 6.92 Å². The summed E-state index contributed by atoms with van der Waals surface area (Å²) in [6.07, 6.45) is 3.89. The second-order valence-electron chi connectivity index (χ2n) is 5.62.